The summed E-state index contributed by atoms with van der Waals surface area (Å²) in [5.41, 5.74) is -0.0770. The average Bonchev–Trinajstić information content (AvgIpc) is 2.62. The van der Waals surface area contributed by atoms with Gasteiger partial charge in [-0.15, -0.1) is 10.2 Å². The molecule has 154 valence electrons. The van der Waals surface area contributed by atoms with Gasteiger partial charge in [-0.05, 0) is 51.1 Å². The molecule has 0 radical (unpaired) electrons. The zero-order chi connectivity index (χ0) is 21.6. The van der Waals surface area contributed by atoms with Gasteiger partial charge in [0.15, 0.2) is 5.70 Å². The summed E-state index contributed by atoms with van der Waals surface area (Å²) in [6, 6.07) is 11.7. The molecule has 0 fully saturated rings. The summed E-state index contributed by atoms with van der Waals surface area (Å²) >= 11 is 0. The molecule has 29 heavy (non-hydrogen) atoms. The molecule has 0 aliphatic carbocycles. The van der Waals surface area contributed by atoms with E-state index in [9.17, 15) is 23.4 Å². The molecule has 0 aromatic heterocycles. The number of sulfonamides is 1. The number of para-hydroxylation sites is 1. The molecule has 1 amide bonds. The van der Waals surface area contributed by atoms with Crippen LogP contribution in [-0.4, -0.2) is 30.6 Å². The molecule has 0 saturated heterocycles. The monoisotopic (exact) mass is 418 g/mol. The maximum Gasteiger partial charge on any atom is 0.279 e. The van der Waals surface area contributed by atoms with Crippen molar-refractivity contribution in [1.82, 2.24) is 4.72 Å². The molecule has 0 saturated carbocycles. The number of aliphatic hydroxyl groups excluding tert-OH is 1. The average molecular weight is 418 g/mol. The lowest BCUT2D eigenvalue weighted by atomic mass is 10.3. The third-order valence-electron chi connectivity index (χ3n) is 3.50. The number of benzene rings is 2. The summed E-state index contributed by atoms with van der Waals surface area (Å²) in [6.07, 6.45) is 0. The Balaban J connectivity index is 2.31. The van der Waals surface area contributed by atoms with Crippen molar-refractivity contribution < 1.29 is 23.4 Å². The van der Waals surface area contributed by atoms with E-state index in [-0.39, 0.29) is 28.1 Å². The highest BCUT2D eigenvalue weighted by atomic mass is 32.2. The van der Waals surface area contributed by atoms with E-state index in [2.05, 4.69) is 20.3 Å². The van der Waals surface area contributed by atoms with Crippen LogP contribution in [0.1, 0.15) is 20.8 Å². The van der Waals surface area contributed by atoms with Gasteiger partial charge in [-0.2, -0.15) is 0 Å². The highest BCUT2D eigenvalue weighted by Crippen LogP contribution is 2.30. The molecule has 2 rings (SSSR count). The number of phenols is 1. The van der Waals surface area contributed by atoms with Crippen LogP contribution in [0.3, 0.4) is 0 Å². The molecule has 9 nitrogen and oxygen atoms in total. The normalized spacial score (nSPS) is 12.8. The number of phenolic OH excluding ortho intramolecular Hbond substituents is 1. The molecule has 2 aromatic rings. The van der Waals surface area contributed by atoms with Crippen LogP contribution in [0.4, 0.5) is 11.4 Å². The van der Waals surface area contributed by atoms with Crippen LogP contribution in [0.2, 0.25) is 0 Å². The number of nitrogens with one attached hydrogen (secondary N) is 2. The number of nitrogens with zero attached hydrogens (tertiary/aromatic N) is 2. The number of hydrogen-bond acceptors (Lipinski definition) is 7. The van der Waals surface area contributed by atoms with Gasteiger partial charge in [0.05, 0.1) is 4.90 Å². The summed E-state index contributed by atoms with van der Waals surface area (Å²) in [5, 5.41) is 29.7. The molecule has 0 heterocycles. The minimum atomic E-state index is -3.81. The maximum atomic E-state index is 12.4. The quantitative estimate of drug-likeness (QED) is 0.309. The van der Waals surface area contributed by atoms with E-state index in [1.807, 2.05) is 0 Å². The Labute approximate surface area is 168 Å². The van der Waals surface area contributed by atoms with E-state index in [1.165, 1.54) is 13.0 Å². The van der Waals surface area contributed by atoms with Gasteiger partial charge in [-0.3, -0.25) is 4.79 Å². The molecule has 0 aliphatic rings. The third-order valence-corrected chi connectivity index (χ3v) is 5.15. The number of anilines is 1. The summed E-state index contributed by atoms with van der Waals surface area (Å²) in [7, 11) is -3.81. The Kier molecular flexibility index (Phi) is 7.08. The van der Waals surface area contributed by atoms with Crippen molar-refractivity contribution in [2.75, 3.05) is 5.32 Å². The Hall–Kier alpha value is -3.24. The second kappa shape index (κ2) is 9.30. The van der Waals surface area contributed by atoms with E-state index < -0.39 is 21.7 Å². The Morgan fingerprint density at radius 3 is 2.34 bits per heavy atom. The molecule has 0 bridgehead atoms. The fourth-order valence-corrected chi connectivity index (χ4v) is 3.50. The number of hydrogen-bond donors (Lipinski definition) is 4. The van der Waals surface area contributed by atoms with Crippen molar-refractivity contribution in [3.8, 4) is 5.75 Å². The van der Waals surface area contributed by atoms with E-state index in [0.717, 1.165) is 12.1 Å². The highest BCUT2D eigenvalue weighted by molar-refractivity contribution is 7.89. The van der Waals surface area contributed by atoms with Gasteiger partial charge in [0.25, 0.3) is 5.91 Å². The minimum absolute atomic E-state index is 0.127. The predicted octanol–water partition coefficient (Wildman–Crippen LogP) is 3.59. The first-order chi connectivity index (χ1) is 13.6. The fraction of sp³-hybridized carbons (Fsp3) is 0.211. The van der Waals surface area contributed by atoms with Crippen molar-refractivity contribution in [2.45, 2.75) is 31.7 Å². The lowest BCUT2D eigenvalue weighted by molar-refractivity contribution is -0.113. The molecular weight excluding hydrogens is 396 g/mol. The summed E-state index contributed by atoms with van der Waals surface area (Å²) in [4.78, 5) is 12.2. The number of rotatable bonds is 7. The molecule has 2 aromatic carbocycles. The first kappa shape index (κ1) is 22.1. The summed E-state index contributed by atoms with van der Waals surface area (Å²) < 4.78 is 27.0. The highest BCUT2D eigenvalue weighted by Gasteiger charge is 2.18. The largest absolute Gasteiger partial charge is 0.510 e. The molecule has 0 aliphatic heterocycles. The van der Waals surface area contributed by atoms with Crippen molar-refractivity contribution in [3.05, 3.63) is 60.0 Å². The zero-order valence-corrected chi connectivity index (χ0v) is 16.9. The number of azo groups is 1. The van der Waals surface area contributed by atoms with Gasteiger partial charge in [-0.1, -0.05) is 18.2 Å². The van der Waals surface area contributed by atoms with Crippen LogP contribution >= 0.6 is 0 Å². The standard InChI is InChI=1S/C19H22N4O5S/c1-12(2)23-29(27,28)15-9-10-17(25)16(11-15)21-22-18(13(3)24)19(26)20-14-7-5-4-6-8-14/h4-12,23-25H,1-3H3,(H,20,26). The zero-order valence-electron chi connectivity index (χ0n) is 16.1. The smallest absolute Gasteiger partial charge is 0.279 e. The maximum absolute atomic E-state index is 12.4. The Morgan fingerprint density at radius 2 is 1.76 bits per heavy atom. The van der Waals surface area contributed by atoms with Crippen LogP contribution in [0.25, 0.3) is 0 Å². The second-order valence-electron chi connectivity index (χ2n) is 6.38. The van der Waals surface area contributed by atoms with Gasteiger partial charge in [0.2, 0.25) is 10.0 Å². The number of aromatic hydroxyl groups is 1. The van der Waals surface area contributed by atoms with Crippen molar-refractivity contribution in [1.29, 1.82) is 0 Å². The minimum Gasteiger partial charge on any atom is -0.510 e. The molecule has 0 unspecified atom stereocenters. The van der Waals surface area contributed by atoms with Crippen LogP contribution in [0.15, 0.2) is 75.1 Å². The Morgan fingerprint density at radius 1 is 1.10 bits per heavy atom. The number of allylic oxidation sites excluding steroid dienone is 1. The fourth-order valence-electron chi connectivity index (χ4n) is 2.23. The Bertz CT molecular complexity index is 1040. The molecule has 4 N–H and O–H groups in total. The summed E-state index contributed by atoms with van der Waals surface area (Å²) in [5.74, 6) is -1.45. The van der Waals surface area contributed by atoms with Gasteiger partial charge in [0.1, 0.15) is 17.2 Å². The van der Waals surface area contributed by atoms with Crippen molar-refractivity contribution >= 4 is 27.3 Å². The second-order valence-corrected chi connectivity index (χ2v) is 8.09. The molecular formula is C19H22N4O5S. The van der Waals surface area contributed by atoms with Crippen LogP contribution in [-0.2, 0) is 14.8 Å². The van der Waals surface area contributed by atoms with E-state index >= 15 is 0 Å². The van der Waals surface area contributed by atoms with E-state index in [1.54, 1.807) is 44.2 Å². The van der Waals surface area contributed by atoms with Gasteiger partial charge in [-0.25, -0.2) is 13.1 Å². The lowest BCUT2D eigenvalue weighted by Crippen LogP contribution is -2.30. The molecule has 0 atom stereocenters. The predicted molar refractivity (Wildman–Crippen MR) is 108 cm³/mol. The topological polar surface area (TPSA) is 140 Å². The third kappa shape index (κ3) is 6.13. The van der Waals surface area contributed by atoms with E-state index in [4.69, 9.17) is 0 Å². The van der Waals surface area contributed by atoms with E-state index in [0.29, 0.717) is 5.69 Å². The molecule has 0 spiro atoms. The molecule has 10 heteroatoms. The first-order valence-electron chi connectivity index (χ1n) is 8.63. The van der Waals surface area contributed by atoms with Crippen LogP contribution in [0, 0.1) is 0 Å². The summed E-state index contributed by atoms with van der Waals surface area (Å²) in [6.45, 7) is 4.60. The number of aliphatic hydroxyl groups is 1. The van der Waals surface area contributed by atoms with Crippen molar-refractivity contribution in [3.63, 3.8) is 0 Å². The number of carbonyl (C=O) groups is 1. The van der Waals surface area contributed by atoms with Crippen LogP contribution in [0.5, 0.6) is 5.75 Å². The lowest BCUT2D eigenvalue weighted by Gasteiger charge is -2.10. The first-order valence-corrected chi connectivity index (χ1v) is 10.1. The van der Waals surface area contributed by atoms with Gasteiger partial charge in [0, 0.05) is 11.7 Å². The van der Waals surface area contributed by atoms with Crippen molar-refractivity contribution in [2.24, 2.45) is 10.2 Å². The number of amides is 1. The SMILES string of the molecule is CC(O)=C(N=Nc1cc(S(=O)(=O)NC(C)C)ccc1O)C(=O)Nc1ccccc1. The van der Waals surface area contributed by atoms with Gasteiger partial charge < -0.3 is 15.5 Å². The number of carbonyl (C=O) groups excluding carboxylic acids is 1. The van der Waals surface area contributed by atoms with Crippen LogP contribution < -0.4 is 10.0 Å². The van der Waals surface area contributed by atoms with Gasteiger partial charge >= 0.3 is 0 Å².